The van der Waals surface area contributed by atoms with Gasteiger partial charge in [0.1, 0.15) is 5.65 Å². The van der Waals surface area contributed by atoms with Crippen LogP contribution in [0.2, 0.25) is 0 Å². The van der Waals surface area contributed by atoms with Gasteiger partial charge in [0.25, 0.3) is 5.91 Å². The zero-order valence-electron chi connectivity index (χ0n) is 16.9. The SMILES string of the molecule is COc1cc(C(=O)N2CCC(c3cc4cccnc4[nH]3)CC2)cc(OC)c1OC. The zero-order chi connectivity index (χ0) is 20.4. The van der Waals surface area contributed by atoms with Crippen molar-refractivity contribution in [2.75, 3.05) is 34.4 Å². The Morgan fingerprint density at radius 3 is 2.34 bits per heavy atom. The van der Waals surface area contributed by atoms with E-state index in [0.717, 1.165) is 23.9 Å². The topological polar surface area (TPSA) is 76.7 Å². The van der Waals surface area contributed by atoms with Gasteiger partial charge in [-0.2, -0.15) is 0 Å². The van der Waals surface area contributed by atoms with Gasteiger partial charge in [-0.25, -0.2) is 4.98 Å². The number of H-pyrrole nitrogens is 1. The lowest BCUT2D eigenvalue weighted by Crippen LogP contribution is -2.38. The summed E-state index contributed by atoms with van der Waals surface area (Å²) in [5.41, 5.74) is 2.64. The molecule has 3 aromatic rings. The standard InChI is InChI=1S/C22H25N3O4/c1-27-18-12-16(13-19(28-2)20(18)29-3)22(26)25-9-6-14(7-10-25)17-11-15-5-4-8-23-21(15)24-17/h4-5,8,11-14H,6-7,9-10H2,1-3H3,(H,23,24). The van der Waals surface area contributed by atoms with E-state index < -0.39 is 0 Å². The van der Waals surface area contributed by atoms with E-state index in [2.05, 4.69) is 22.1 Å². The van der Waals surface area contributed by atoms with E-state index >= 15 is 0 Å². The summed E-state index contributed by atoms with van der Waals surface area (Å²) < 4.78 is 16.1. The van der Waals surface area contributed by atoms with Crippen LogP contribution in [0.15, 0.2) is 36.5 Å². The number of carbonyl (C=O) groups excluding carboxylic acids is 1. The average molecular weight is 395 g/mol. The summed E-state index contributed by atoms with van der Waals surface area (Å²) in [6.45, 7) is 1.39. The molecular formula is C22H25N3O4. The van der Waals surface area contributed by atoms with Gasteiger partial charge in [-0.1, -0.05) is 0 Å². The number of carbonyl (C=O) groups is 1. The molecule has 1 aromatic carbocycles. The van der Waals surface area contributed by atoms with Gasteiger partial charge in [0.15, 0.2) is 11.5 Å². The molecule has 0 unspecified atom stereocenters. The molecule has 1 aliphatic heterocycles. The van der Waals surface area contributed by atoms with E-state index in [9.17, 15) is 4.79 Å². The van der Waals surface area contributed by atoms with Crippen molar-refractivity contribution in [1.29, 1.82) is 0 Å². The molecule has 7 heteroatoms. The van der Waals surface area contributed by atoms with Gasteiger partial charge in [-0.15, -0.1) is 0 Å². The fraction of sp³-hybridized carbons (Fsp3) is 0.364. The third kappa shape index (κ3) is 3.60. The molecule has 1 amide bonds. The van der Waals surface area contributed by atoms with E-state index in [1.807, 2.05) is 11.0 Å². The van der Waals surface area contributed by atoms with Crippen molar-refractivity contribution in [3.63, 3.8) is 0 Å². The monoisotopic (exact) mass is 395 g/mol. The predicted molar refractivity (Wildman–Crippen MR) is 110 cm³/mol. The van der Waals surface area contributed by atoms with Crippen molar-refractivity contribution in [2.24, 2.45) is 0 Å². The normalized spacial score (nSPS) is 14.8. The highest BCUT2D eigenvalue weighted by Crippen LogP contribution is 2.39. The van der Waals surface area contributed by atoms with Crippen LogP contribution in [-0.2, 0) is 0 Å². The number of nitrogens with zero attached hydrogens (tertiary/aromatic N) is 2. The first-order valence-corrected chi connectivity index (χ1v) is 9.67. The first-order valence-electron chi connectivity index (χ1n) is 9.67. The van der Waals surface area contributed by atoms with Crippen LogP contribution >= 0.6 is 0 Å². The van der Waals surface area contributed by atoms with Gasteiger partial charge in [-0.05, 0) is 43.2 Å². The summed E-state index contributed by atoms with van der Waals surface area (Å²) in [6, 6.07) is 9.59. The average Bonchev–Trinajstić information content (AvgIpc) is 3.22. The van der Waals surface area contributed by atoms with Crippen LogP contribution in [0.25, 0.3) is 11.0 Å². The maximum atomic E-state index is 13.1. The predicted octanol–water partition coefficient (Wildman–Crippen LogP) is 3.61. The van der Waals surface area contributed by atoms with Gasteiger partial charge >= 0.3 is 0 Å². The first-order chi connectivity index (χ1) is 14.1. The lowest BCUT2D eigenvalue weighted by Gasteiger charge is -2.32. The van der Waals surface area contributed by atoms with Crippen molar-refractivity contribution in [2.45, 2.75) is 18.8 Å². The number of aromatic amines is 1. The van der Waals surface area contributed by atoms with Gasteiger partial charge in [0.2, 0.25) is 5.75 Å². The molecule has 152 valence electrons. The summed E-state index contributed by atoms with van der Waals surface area (Å²) in [7, 11) is 4.64. The lowest BCUT2D eigenvalue weighted by atomic mass is 9.93. The highest BCUT2D eigenvalue weighted by atomic mass is 16.5. The van der Waals surface area contributed by atoms with Crippen LogP contribution in [0.1, 0.15) is 34.8 Å². The van der Waals surface area contributed by atoms with Crippen molar-refractivity contribution < 1.29 is 19.0 Å². The van der Waals surface area contributed by atoms with Crippen molar-refractivity contribution >= 4 is 16.9 Å². The molecule has 0 bridgehead atoms. The second kappa shape index (κ2) is 8.03. The molecule has 0 saturated carbocycles. The number of likely N-dealkylation sites (tertiary alicyclic amines) is 1. The molecule has 1 aliphatic rings. The summed E-state index contributed by atoms with van der Waals surface area (Å²) in [5, 5.41) is 1.12. The Kier molecular flexibility index (Phi) is 5.29. The van der Waals surface area contributed by atoms with Crippen LogP contribution in [0.3, 0.4) is 0 Å². The van der Waals surface area contributed by atoms with Crippen molar-refractivity contribution in [1.82, 2.24) is 14.9 Å². The number of methoxy groups -OCH3 is 3. The number of pyridine rings is 1. The zero-order valence-corrected chi connectivity index (χ0v) is 16.9. The molecule has 29 heavy (non-hydrogen) atoms. The molecule has 7 nitrogen and oxygen atoms in total. The number of piperidine rings is 1. The van der Waals surface area contributed by atoms with Gasteiger partial charge in [0.05, 0.1) is 21.3 Å². The number of ether oxygens (including phenoxy) is 3. The van der Waals surface area contributed by atoms with E-state index in [1.54, 1.807) is 39.7 Å². The molecule has 0 atom stereocenters. The maximum Gasteiger partial charge on any atom is 0.254 e. The maximum absolute atomic E-state index is 13.1. The summed E-state index contributed by atoms with van der Waals surface area (Å²) >= 11 is 0. The minimum absolute atomic E-state index is 0.0268. The van der Waals surface area contributed by atoms with Crippen LogP contribution in [0, 0.1) is 0 Å². The second-order valence-corrected chi connectivity index (χ2v) is 7.15. The van der Waals surface area contributed by atoms with Crippen molar-refractivity contribution in [3.8, 4) is 17.2 Å². The van der Waals surface area contributed by atoms with E-state index in [4.69, 9.17) is 14.2 Å². The number of nitrogens with one attached hydrogen (secondary N) is 1. The molecule has 1 N–H and O–H groups in total. The number of aromatic nitrogens is 2. The van der Waals surface area contributed by atoms with E-state index in [0.29, 0.717) is 41.8 Å². The number of amides is 1. The Morgan fingerprint density at radius 1 is 1.07 bits per heavy atom. The smallest absolute Gasteiger partial charge is 0.254 e. The van der Waals surface area contributed by atoms with Crippen LogP contribution < -0.4 is 14.2 Å². The molecule has 4 rings (SSSR count). The van der Waals surface area contributed by atoms with E-state index in [1.165, 1.54) is 5.69 Å². The number of hydrogen-bond donors (Lipinski definition) is 1. The van der Waals surface area contributed by atoms with Gasteiger partial charge in [-0.3, -0.25) is 4.79 Å². The Labute approximate surface area is 169 Å². The summed E-state index contributed by atoms with van der Waals surface area (Å²) in [5.74, 6) is 1.82. The highest BCUT2D eigenvalue weighted by molar-refractivity contribution is 5.95. The van der Waals surface area contributed by atoms with Crippen LogP contribution in [0.5, 0.6) is 17.2 Å². The molecule has 0 spiro atoms. The Hall–Kier alpha value is -3.22. The number of fused-ring (bicyclic) bond motifs is 1. The van der Waals surface area contributed by atoms with Gasteiger partial charge < -0.3 is 24.1 Å². The fourth-order valence-corrected chi connectivity index (χ4v) is 3.98. The Balaban J connectivity index is 1.49. The van der Waals surface area contributed by atoms with Crippen LogP contribution in [-0.4, -0.2) is 55.2 Å². The molecular weight excluding hydrogens is 370 g/mol. The Bertz CT molecular complexity index is 964. The molecule has 2 aromatic heterocycles. The lowest BCUT2D eigenvalue weighted by molar-refractivity contribution is 0.0711. The highest BCUT2D eigenvalue weighted by Gasteiger charge is 2.27. The summed E-state index contributed by atoms with van der Waals surface area (Å²) in [6.07, 6.45) is 3.60. The van der Waals surface area contributed by atoms with Crippen molar-refractivity contribution in [3.05, 3.63) is 47.8 Å². The molecule has 1 fully saturated rings. The summed E-state index contributed by atoms with van der Waals surface area (Å²) in [4.78, 5) is 22.8. The first kappa shape index (κ1) is 19.1. The second-order valence-electron chi connectivity index (χ2n) is 7.15. The third-order valence-corrected chi connectivity index (χ3v) is 5.55. The largest absolute Gasteiger partial charge is 0.493 e. The fourth-order valence-electron chi connectivity index (χ4n) is 3.98. The van der Waals surface area contributed by atoms with Crippen LogP contribution in [0.4, 0.5) is 0 Å². The molecule has 3 heterocycles. The number of benzene rings is 1. The third-order valence-electron chi connectivity index (χ3n) is 5.55. The number of hydrogen-bond acceptors (Lipinski definition) is 5. The molecule has 0 aliphatic carbocycles. The Morgan fingerprint density at radius 2 is 1.76 bits per heavy atom. The molecule has 1 saturated heterocycles. The van der Waals surface area contributed by atoms with Gasteiger partial charge in [0, 0.05) is 41.8 Å². The minimum atomic E-state index is -0.0268. The molecule has 0 radical (unpaired) electrons. The number of rotatable bonds is 5. The minimum Gasteiger partial charge on any atom is -0.493 e. The van der Waals surface area contributed by atoms with E-state index in [-0.39, 0.29) is 5.91 Å². The quantitative estimate of drug-likeness (QED) is 0.714.